The first-order chi connectivity index (χ1) is 11.6. The van der Waals surface area contributed by atoms with Gasteiger partial charge in [-0.15, -0.1) is 6.58 Å². The minimum absolute atomic E-state index is 0.355. The molecule has 0 atom stereocenters. The molecule has 3 aromatic rings. The molecule has 2 aromatic carbocycles. The molecule has 3 rings (SSSR count). The standard InChI is InChI=1S/C17H14ClN3O3/c1-2-8-21-14-7-6-13(10-15(14)24-17(21)23)20-16(22)19-12-5-3-4-11(18)9-12/h2-7,9-10H,1,8H2,(H2,19,20,22). The van der Waals surface area contributed by atoms with Crippen molar-refractivity contribution in [2.24, 2.45) is 0 Å². The fourth-order valence-electron chi connectivity index (χ4n) is 2.31. The zero-order chi connectivity index (χ0) is 17.1. The molecule has 0 saturated heterocycles. The molecule has 6 nitrogen and oxygen atoms in total. The number of anilines is 2. The van der Waals surface area contributed by atoms with E-state index in [1.54, 1.807) is 48.5 Å². The van der Waals surface area contributed by atoms with Crippen molar-refractivity contribution in [3.63, 3.8) is 0 Å². The largest absolute Gasteiger partial charge is 0.420 e. The first-order valence-corrected chi connectivity index (χ1v) is 7.52. The van der Waals surface area contributed by atoms with Gasteiger partial charge in [0.15, 0.2) is 5.58 Å². The van der Waals surface area contributed by atoms with Crippen LogP contribution in [-0.4, -0.2) is 10.6 Å². The van der Waals surface area contributed by atoms with E-state index in [1.165, 1.54) is 4.57 Å². The number of oxazole rings is 1. The Labute approximate surface area is 142 Å². The van der Waals surface area contributed by atoms with E-state index < -0.39 is 11.8 Å². The molecule has 0 radical (unpaired) electrons. The predicted octanol–water partition coefficient (Wildman–Crippen LogP) is 4.08. The summed E-state index contributed by atoms with van der Waals surface area (Å²) in [6, 6.07) is 11.4. The van der Waals surface area contributed by atoms with Crippen molar-refractivity contribution in [2.45, 2.75) is 6.54 Å². The topological polar surface area (TPSA) is 76.3 Å². The van der Waals surface area contributed by atoms with Crippen LogP contribution in [0.1, 0.15) is 0 Å². The average molecular weight is 344 g/mol. The van der Waals surface area contributed by atoms with Crippen LogP contribution in [0.4, 0.5) is 16.2 Å². The Hall–Kier alpha value is -2.99. The number of benzene rings is 2. The summed E-state index contributed by atoms with van der Waals surface area (Å²) >= 11 is 5.87. The lowest BCUT2D eigenvalue weighted by atomic mass is 10.3. The maximum Gasteiger partial charge on any atom is 0.420 e. The van der Waals surface area contributed by atoms with Crippen LogP contribution >= 0.6 is 11.6 Å². The highest BCUT2D eigenvalue weighted by atomic mass is 35.5. The lowest BCUT2D eigenvalue weighted by Crippen LogP contribution is -2.19. The van der Waals surface area contributed by atoms with Gasteiger partial charge in [0, 0.05) is 29.0 Å². The normalized spacial score (nSPS) is 10.5. The number of fused-ring (bicyclic) bond motifs is 1. The van der Waals surface area contributed by atoms with Crippen LogP contribution in [0.5, 0.6) is 0 Å². The number of rotatable bonds is 4. The molecule has 0 aliphatic rings. The number of nitrogens with one attached hydrogen (secondary N) is 2. The molecule has 0 spiro atoms. The van der Waals surface area contributed by atoms with E-state index >= 15 is 0 Å². The van der Waals surface area contributed by atoms with E-state index in [0.29, 0.717) is 34.0 Å². The van der Waals surface area contributed by atoms with Crippen molar-refractivity contribution >= 4 is 40.1 Å². The Balaban J connectivity index is 1.79. The van der Waals surface area contributed by atoms with Gasteiger partial charge < -0.3 is 15.1 Å². The Morgan fingerprint density at radius 1 is 1.21 bits per heavy atom. The van der Waals surface area contributed by atoms with E-state index in [4.69, 9.17) is 16.0 Å². The molecule has 0 aliphatic carbocycles. The van der Waals surface area contributed by atoms with E-state index in [2.05, 4.69) is 17.2 Å². The summed E-state index contributed by atoms with van der Waals surface area (Å²) in [7, 11) is 0. The number of hydrogen-bond acceptors (Lipinski definition) is 3. The second-order valence-electron chi connectivity index (χ2n) is 5.04. The molecule has 2 amide bonds. The van der Waals surface area contributed by atoms with Crippen molar-refractivity contribution in [1.82, 2.24) is 4.57 Å². The highest BCUT2D eigenvalue weighted by molar-refractivity contribution is 6.30. The zero-order valence-corrected chi connectivity index (χ0v) is 13.3. The number of carbonyl (C=O) groups is 1. The Kier molecular flexibility index (Phi) is 4.39. The number of nitrogens with zero attached hydrogens (tertiary/aromatic N) is 1. The van der Waals surface area contributed by atoms with Crippen LogP contribution in [0.3, 0.4) is 0 Å². The lowest BCUT2D eigenvalue weighted by molar-refractivity contribution is 0.262. The molecule has 1 heterocycles. The van der Waals surface area contributed by atoms with Crippen LogP contribution in [0.15, 0.2) is 64.3 Å². The Morgan fingerprint density at radius 2 is 1.96 bits per heavy atom. The summed E-state index contributed by atoms with van der Waals surface area (Å²) in [4.78, 5) is 23.8. The second kappa shape index (κ2) is 6.64. The molecule has 2 N–H and O–H groups in total. The van der Waals surface area contributed by atoms with Gasteiger partial charge in [-0.05, 0) is 30.3 Å². The number of urea groups is 1. The van der Waals surface area contributed by atoms with Crippen LogP contribution in [0.2, 0.25) is 5.02 Å². The SMILES string of the molecule is C=CCn1c(=O)oc2cc(NC(=O)Nc3cccc(Cl)c3)ccc21. The second-order valence-corrected chi connectivity index (χ2v) is 5.48. The van der Waals surface area contributed by atoms with Gasteiger partial charge in [0.2, 0.25) is 0 Å². The highest BCUT2D eigenvalue weighted by Gasteiger charge is 2.10. The predicted molar refractivity (Wildman–Crippen MR) is 94.8 cm³/mol. The minimum atomic E-state index is -0.467. The van der Waals surface area contributed by atoms with Crippen LogP contribution in [0, 0.1) is 0 Å². The summed E-state index contributed by atoms with van der Waals surface area (Å²) in [5.74, 6) is -0.467. The number of allylic oxidation sites excluding steroid dienone is 1. The van der Waals surface area contributed by atoms with Crippen molar-refractivity contribution in [2.75, 3.05) is 10.6 Å². The summed E-state index contributed by atoms with van der Waals surface area (Å²) in [6.45, 7) is 3.97. The first kappa shape index (κ1) is 15.9. The fraction of sp³-hybridized carbons (Fsp3) is 0.0588. The maximum absolute atomic E-state index is 12.0. The number of halogens is 1. The van der Waals surface area contributed by atoms with Gasteiger partial charge in [0.1, 0.15) is 0 Å². The van der Waals surface area contributed by atoms with E-state index in [-0.39, 0.29) is 0 Å². The molecule has 0 fully saturated rings. The van der Waals surface area contributed by atoms with Crippen molar-refractivity contribution in [3.8, 4) is 0 Å². The zero-order valence-electron chi connectivity index (χ0n) is 12.6. The summed E-state index contributed by atoms with van der Waals surface area (Å²) in [5.41, 5.74) is 2.11. The monoisotopic (exact) mass is 343 g/mol. The molecule has 1 aromatic heterocycles. The van der Waals surface area contributed by atoms with Crippen LogP contribution in [0.25, 0.3) is 11.1 Å². The van der Waals surface area contributed by atoms with Crippen molar-refractivity contribution < 1.29 is 9.21 Å². The quantitative estimate of drug-likeness (QED) is 0.701. The number of aromatic nitrogens is 1. The number of amides is 2. The molecule has 0 unspecified atom stereocenters. The van der Waals surface area contributed by atoms with Gasteiger partial charge in [0.25, 0.3) is 0 Å². The fourth-order valence-corrected chi connectivity index (χ4v) is 2.50. The van der Waals surface area contributed by atoms with Gasteiger partial charge in [-0.2, -0.15) is 0 Å². The molecule has 0 bridgehead atoms. The Bertz CT molecular complexity index is 975. The number of hydrogen-bond donors (Lipinski definition) is 2. The highest BCUT2D eigenvalue weighted by Crippen LogP contribution is 2.19. The third kappa shape index (κ3) is 3.33. The van der Waals surface area contributed by atoms with Crippen LogP contribution < -0.4 is 16.4 Å². The Morgan fingerprint density at radius 3 is 2.67 bits per heavy atom. The molecule has 122 valence electrons. The van der Waals surface area contributed by atoms with Crippen molar-refractivity contribution in [1.29, 1.82) is 0 Å². The van der Waals surface area contributed by atoms with E-state index in [0.717, 1.165) is 0 Å². The smallest absolute Gasteiger partial charge is 0.408 e. The first-order valence-electron chi connectivity index (χ1n) is 7.14. The molecule has 0 aliphatic heterocycles. The van der Waals surface area contributed by atoms with Gasteiger partial charge in [-0.25, -0.2) is 9.59 Å². The third-order valence-electron chi connectivity index (χ3n) is 3.32. The number of carbonyl (C=O) groups excluding carboxylic acids is 1. The average Bonchev–Trinajstić information content (AvgIpc) is 2.83. The summed E-state index contributed by atoms with van der Waals surface area (Å²) < 4.78 is 6.63. The van der Waals surface area contributed by atoms with Gasteiger partial charge in [-0.3, -0.25) is 4.57 Å². The van der Waals surface area contributed by atoms with Gasteiger partial charge in [-0.1, -0.05) is 23.7 Å². The lowest BCUT2D eigenvalue weighted by Gasteiger charge is -2.08. The maximum atomic E-state index is 12.0. The minimum Gasteiger partial charge on any atom is -0.408 e. The summed E-state index contributed by atoms with van der Waals surface area (Å²) in [6.07, 6.45) is 1.61. The molecular formula is C17H14ClN3O3. The van der Waals surface area contributed by atoms with E-state index in [1.807, 2.05) is 0 Å². The molecule has 24 heavy (non-hydrogen) atoms. The van der Waals surface area contributed by atoms with Gasteiger partial charge >= 0.3 is 11.8 Å². The molecular weight excluding hydrogens is 330 g/mol. The summed E-state index contributed by atoms with van der Waals surface area (Å²) in [5, 5.41) is 5.88. The van der Waals surface area contributed by atoms with Crippen LogP contribution in [-0.2, 0) is 6.54 Å². The van der Waals surface area contributed by atoms with Crippen molar-refractivity contribution in [3.05, 3.63) is 70.7 Å². The third-order valence-corrected chi connectivity index (χ3v) is 3.56. The van der Waals surface area contributed by atoms with Gasteiger partial charge in [0.05, 0.1) is 5.52 Å². The molecule has 0 saturated carbocycles. The molecule has 7 heteroatoms. The van der Waals surface area contributed by atoms with E-state index in [9.17, 15) is 9.59 Å².